The molecule has 2 fully saturated rings. The molecular weight excluding hydrogens is 200 g/mol. The van der Waals surface area contributed by atoms with Crippen molar-refractivity contribution in [2.75, 3.05) is 13.2 Å². The van der Waals surface area contributed by atoms with E-state index in [1.165, 1.54) is 12.8 Å². The zero-order chi connectivity index (χ0) is 11.5. The third-order valence-corrected chi connectivity index (χ3v) is 4.45. The Morgan fingerprint density at radius 1 is 1.06 bits per heavy atom. The highest BCUT2D eigenvalue weighted by Crippen LogP contribution is 2.35. The smallest absolute Gasteiger partial charge is 0.141 e. The summed E-state index contributed by atoms with van der Waals surface area (Å²) in [7, 11) is 0. The summed E-state index contributed by atoms with van der Waals surface area (Å²) < 4.78 is 5.31. The molecule has 0 N–H and O–H groups in total. The van der Waals surface area contributed by atoms with Gasteiger partial charge in [0.2, 0.25) is 0 Å². The molecular formula is C14H24O2. The maximum atomic E-state index is 12.2. The van der Waals surface area contributed by atoms with Gasteiger partial charge in [0.1, 0.15) is 5.78 Å². The molecule has 1 saturated heterocycles. The van der Waals surface area contributed by atoms with Crippen molar-refractivity contribution in [3.05, 3.63) is 0 Å². The lowest BCUT2D eigenvalue weighted by Crippen LogP contribution is -2.29. The van der Waals surface area contributed by atoms with Crippen LogP contribution in [0, 0.1) is 23.7 Å². The summed E-state index contributed by atoms with van der Waals surface area (Å²) in [6, 6.07) is 0. The molecule has 92 valence electrons. The second-order valence-electron chi connectivity index (χ2n) is 5.82. The van der Waals surface area contributed by atoms with Crippen LogP contribution in [0.1, 0.15) is 46.0 Å². The fourth-order valence-electron chi connectivity index (χ4n) is 3.16. The van der Waals surface area contributed by atoms with Gasteiger partial charge in [0.05, 0.1) is 6.61 Å². The van der Waals surface area contributed by atoms with E-state index in [0.717, 1.165) is 37.7 Å². The van der Waals surface area contributed by atoms with Crippen LogP contribution in [0.5, 0.6) is 0 Å². The van der Waals surface area contributed by atoms with Gasteiger partial charge in [0, 0.05) is 18.4 Å². The van der Waals surface area contributed by atoms with Gasteiger partial charge in [0.15, 0.2) is 0 Å². The first kappa shape index (κ1) is 12.1. The highest BCUT2D eigenvalue weighted by atomic mass is 16.5. The topological polar surface area (TPSA) is 26.3 Å². The summed E-state index contributed by atoms with van der Waals surface area (Å²) in [5.41, 5.74) is 0. The van der Waals surface area contributed by atoms with Crippen LogP contribution in [-0.4, -0.2) is 19.0 Å². The first-order valence-corrected chi connectivity index (χ1v) is 6.80. The molecule has 2 nitrogen and oxygen atoms in total. The minimum absolute atomic E-state index is 0.223. The van der Waals surface area contributed by atoms with E-state index in [2.05, 4.69) is 13.8 Å². The van der Waals surface area contributed by atoms with Crippen LogP contribution in [0.15, 0.2) is 0 Å². The van der Waals surface area contributed by atoms with Crippen molar-refractivity contribution >= 4 is 5.78 Å². The fraction of sp³-hybridized carbons (Fsp3) is 0.929. The lowest BCUT2D eigenvalue weighted by Gasteiger charge is -2.31. The van der Waals surface area contributed by atoms with Gasteiger partial charge < -0.3 is 4.74 Å². The number of hydrogen-bond donors (Lipinski definition) is 0. The highest BCUT2D eigenvalue weighted by molar-refractivity contribution is 5.83. The summed E-state index contributed by atoms with van der Waals surface area (Å²) in [5, 5.41) is 0. The number of ketones is 1. The van der Waals surface area contributed by atoms with Crippen molar-refractivity contribution in [1.29, 1.82) is 0 Å². The average Bonchev–Trinajstić information content (AvgIpc) is 2.81. The molecule has 1 aliphatic heterocycles. The van der Waals surface area contributed by atoms with Crippen molar-refractivity contribution in [3.63, 3.8) is 0 Å². The lowest BCUT2D eigenvalue weighted by atomic mass is 9.74. The maximum absolute atomic E-state index is 12.2. The Bertz CT molecular complexity index is 233. The number of carbonyl (C=O) groups is 1. The Morgan fingerprint density at radius 2 is 1.75 bits per heavy atom. The van der Waals surface area contributed by atoms with E-state index in [9.17, 15) is 4.79 Å². The Kier molecular flexibility index (Phi) is 4.01. The van der Waals surface area contributed by atoms with Crippen molar-refractivity contribution < 1.29 is 9.53 Å². The standard InChI is InChI=1S/C14H24O2/c1-10(2)11-3-5-12(6-4-11)14(15)13-7-8-16-9-13/h10-13H,3-9H2,1-2H3. The van der Waals surface area contributed by atoms with E-state index >= 15 is 0 Å². The summed E-state index contributed by atoms with van der Waals surface area (Å²) in [6.45, 7) is 6.08. The second-order valence-corrected chi connectivity index (χ2v) is 5.82. The third-order valence-electron chi connectivity index (χ3n) is 4.45. The maximum Gasteiger partial charge on any atom is 0.141 e. The predicted molar refractivity (Wildman–Crippen MR) is 64.2 cm³/mol. The van der Waals surface area contributed by atoms with Gasteiger partial charge in [-0.25, -0.2) is 0 Å². The number of rotatable bonds is 3. The first-order chi connectivity index (χ1) is 7.68. The molecule has 16 heavy (non-hydrogen) atoms. The summed E-state index contributed by atoms with van der Waals surface area (Å²) >= 11 is 0. The zero-order valence-corrected chi connectivity index (χ0v) is 10.6. The predicted octanol–water partition coefficient (Wildman–Crippen LogP) is 3.05. The minimum Gasteiger partial charge on any atom is -0.381 e. The first-order valence-electron chi connectivity index (χ1n) is 6.80. The lowest BCUT2D eigenvalue weighted by molar-refractivity contribution is -0.128. The molecule has 0 bridgehead atoms. The number of ether oxygens (including phenoxy) is 1. The van der Waals surface area contributed by atoms with Crippen LogP contribution in [0.2, 0.25) is 0 Å². The number of Topliss-reactive ketones (excluding diaryl/α,β-unsaturated/α-hetero) is 1. The van der Waals surface area contributed by atoms with Crippen LogP contribution in [0.4, 0.5) is 0 Å². The van der Waals surface area contributed by atoms with Gasteiger partial charge in [-0.2, -0.15) is 0 Å². The SMILES string of the molecule is CC(C)C1CCC(C(=O)C2CCOC2)CC1. The molecule has 1 atom stereocenters. The second kappa shape index (κ2) is 5.31. The Balaban J connectivity index is 1.81. The Morgan fingerprint density at radius 3 is 2.25 bits per heavy atom. The molecule has 0 spiro atoms. The molecule has 1 heterocycles. The van der Waals surface area contributed by atoms with Gasteiger partial charge in [-0.05, 0) is 43.9 Å². The molecule has 1 aliphatic carbocycles. The molecule has 1 unspecified atom stereocenters. The van der Waals surface area contributed by atoms with Crippen molar-refractivity contribution in [2.24, 2.45) is 23.7 Å². The van der Waals surface area contributed by atoms with Crippen LogP contribution >= 0.6 is 0 Å². The van der Waals surface area contributed by atoms with Crippen LogP contribution in [0.3, 0.4) is 0 Å². The van der Waals surface area contributed by atoms with E-state index in [4.69, 9.17) is 4.74 Å². The molecule has 0 radical (unpaired) electrons. The number of hydrogen-bond acceptors (Lipinski definition) is 2. The van der Waals surface area contributed by atoms with E-state index in [0.29, 0.717) is 18.3 Å². The summed E-state index contributed by atoms with van der Waals surface area (Å²) in [4.78, 5) is 12.2. The van der Waals surface area contributed by atoms with Crippen LogP contribution in [-0.2, 0) is 9.53 Å². The van der Waals surface area contributed by atoms with E-state index in [-0.39, 0.29) is 5.92 Å². The largest absolute Gasteiger partial charge is 0.381 e. The normalized spacial score (nSPS) is 35.6. The third kappa shape index (κ3) is 2.65. The molecule has 1 saturated carbocycles. The zero-order valence-electron chi connectivity index (χ0n) is 10.6. The molecule has 0 aromatic rings. The number of carbonyl (C=O) groups excluding carboxylic acids is 1. The van der Waals surface area contributed by atoms with Crippen LogP contribution < -0.4 is 0 Å². The monoisotopic (exact) mass is 224 g/mol. The van der Waals surface area contributed by atoms with Crippen molar-refractivity contribution in [3.8, 4) is 0 Å². The molecule has 2 rings (SSSR count). The molecule has 0 aromatic heterocycles. The van der Waals surface area contributed by atoms with Crippen molar-refractivity contribution in [2.45, 2.75) is 46.0 Å². The van der Waals surface area contributed by atoms with Crippen molar-refractivity contribution in [1.82, 2.24) is 0 Å². The van der Waals surface area contributed by atoms with Crippen LogP contribution in [0.25, 0.3) is 0 Å². The van der Waals surface area contributed by atoms with Gasteiger partial charge in [-0.15, -0.1) is 0 Å². The van der Waals surface area contributed by atoms with E-state index < -0.39 is 0 Å². The van der Waals surface area contributed by atoms with E-state index in [1.807, 2.05) is 0 Å². The fourth-order valence-corrected chi connectivity index (χ4v) is 3.16. The molecule has 0 aromatic carbocycles. The quantitative estimate of drug-likeness (QED) is 0.736. The highest BCUT2D eigenvalue weighted by Gasteiger charge is 2.33. The van der Waals surface area contributed by atoms with Gasteiger partial charge in [-0.3, -0.25) is 4.79 Å². The Labute approximate surface area is 98.7 Å². The average molecular weight is 224 g/mol. The summed E-state index contributed by atoms with van der Waals surface area (Å²) in [5.74, 6) is 2.71. The molecule has 0 amide bonds. The van der Waals surface area contributed by atoms with Gasteiger partial charge in [-0.1, -0.05) is 13.8 Å². The molecule has 2 heteroatoms. The van der Waals surface area contributed by atoms with Gasteiger partial charge in [0.25, 0.3) is 0 Å². The summed E-state index contributed by atoms with van der Waals surface area (Å²) in [6.07, 6.45) is 5.71. The van der Waals surface area contributed by atoms with Gasteiger partial charge >= 0.3 is 0 Å². The minimum atomic E-state index is 0.223. The Hall–Kier alpha value is -0.370. The van der Waals surface area contributed by atoms with E-state index in [1.54, 1.807) is 0 Å². The molecule has 2 aliphatic rings.